The van der Waals surface area contributed by atoms with Gasteiger partial charge in [-0.05, 0) is 6.07 Å². The molecule has 0 bridgehead atoms. The van der Waals surface area contributed by atoms with Gasteiger partial charge in [-0.15, -0.1) is 0 Å². The summed E-state index contributed by atoms with van der Waals surface area (Å²) in [4.78, 5) is 3.28. The first-order valence-electron chi connectivity index (χ1n) is 3.56. The van der Waals surface area contributed by atoms with Crippen LogP contribution < -0.4 is 0 Å². The third kappa shape index (κ3) is 2.15. The normalized spacial score (nSPS) is 10.3. The molecule has 1 aromatic heterocycles. The molecule has 0 aliphatic heterocycles. The molecule has 0 amide bonds. The van der Waals surface area contributed by atoms with E-state index in [-0.39, 0.29) is 12.1 Å². The average molecular weight is 221 g/mol. The van der Waals surface area contributed by atoms with Gasteiger partial charge in [-0.3, -0.25) is 0 Å². The van der Waals surface area contributed by atoms with E-state index in [0.717, 1.165) is 6.07 Å². The number of aromatic nitrogens is 1. The predicted molar refractivity (Wildman–Crippen MR) is 43.5 cm³/mol. The number of pyridine rings is 1. The highest BCUT2D eigenvalue weighted by Gasteiger charge is 2.17. The predicted octanol–water partition coefficient (Wildman–Crippen LogP) is 2.88. The maximum atomic E-state index is 12.9. The molecule has 14 heavy (non-hydrogen) atoms. The van der Waals surface area contributed by atoms with Gasteiger partial charge in [0.25, 0.3) is 6.43 Å². The molecule has 0 saturated heterocycles. The molecule has 0 aliphatic rings. The van der Waals surface area contributed by atoms with E-state index >= 15 is 0 Å². The Labute approximate surface area is 82.9 Å². The molecule has 0 aliphatic carbocycles. The zero-order valence-corrected chi connectivity index (χ0v) is 7.52. The van der Waals surface area contributed by atoms with Crippen molar-refractivity contribution >= 4 is 11.6 Å². The van der Waals surface area contributed by atoms with Crippen LogP contribution in [0.1, 0.15) is 17.8 Å². The molecule has 0 unspecified atom stereocenters. The minimum atomic E-state index is -2.87. The molecular weight excluding hydrogens is 217 g/mol. The van der Waals surface area contributed by atoms with Crippen LogP contribution in [0.3, 0.4) is 0 Å². The smallest absolute Gasteiger partial charge is 0.246 e. The van der Waals surface area contributed by atoms with Crippen LogP contribution >= 0.6 is 11.6 Å². The van der Waals surface area contributed by atoms with E-state index in [4.69, 9.17) is 16.9 Å². The van der Waals surface area contributed by atoms with Crippen molar-refractivity contribution in [3.8, 4) is 6.07 Å². The van der Waals surface area contributed by atoms with Gasteiger partial charge in [-0.2, -0.15) is 5.26 Å². The highest BCUT2D eigenvalue weighted by molar-refractivity contribution is 6.31. The Kier molecular flexibility index (Phi) is 3.31. The summed E-state index contributed by atoms with van der Waals surface area (Å²) in [7, 11) is 0. The minimum absolute atomic E-state index is 0.313. The standard InChI is InChI=1S/C8H4ClF3N2/c9-4-3-5(10)6(1-2-13)14-7(4)8(11)12/h3,8H,1H2. The van der Waals surface area contributed by atoms with Crippen LogP contribution in [-0.4, -0.2) is 4.98 Å². The van der Waals surface area contributed by atoms with Gasteiger partial charge in [-0.25, -0.2) is 18.2 Å². The molecule has 6 heteroatoms. The quantitative estimate of drug-likeness (QED) is 0.768. The fraction of sp³-hybridized carbons (Fsp3) is 0.250. The van der Waals surface area contributed by atoms with Gasteiger partial charge in [0.1, 0.15) is 11.5 Å². The highest BCUT2D eigenvalue weighted by Crippen LogP contribution is 2.26. The fourth-order valence-electron chi connectivity index (χ4n) is 0.873. The second-order valence-corrected chi connectivity index (χ2v) is 2.83. The maximum Gasteiger partial charge on any atom is 0.281 e. The zero-order valence-electron chi connectivity index (χ0n) is 6.77. The second kappa shape index (κ2) is 4.29. The molecule has 0 saturated carbocycles. The van der Waals surface area contributed by atoms with Gasteiger partial charge in [0.05, 0.1) is 23.2 Å². The molecule has 0 radical (unpaired) electrons. The Balaban J connectivity index is 3.21. The lowest BCUT2D eigenvalue weighted by atomic mass is 10.2. The third-order valence-electron chi connectivity index (χ3n) is 1.48. The van der Waals surface area contributed by atoms with E-state index < -0.39 is 23.0 Å². The summed E-state index contributed by atoms with van der Waals surface area (Å²) in [6, 6.07) is 2.36. The molecule has 0 fully saturated rings. The number of nitrogens with zero attached hydrogens (tertiary/aromatic N) is 2. The van der Waals surface area contributed by atoms with Crippen LogP contribution in [-0.2, 0) is 6.42 Å². The van der Waals surface area contributed by atoms with Gasteiger partial charge < -0.3 is 0 Å². The van der Waals surface area contributed by atoms with E-state index in [0.29, 0.717) is 0 Å². The number of hydrogen-bond acceptors (Lipinski definition) is 2. The Morgan fingerprint density at radius 2 is 2.21 bits per heavy atom. The van der Waals surface area contributed by atoms with E-state index in [1.807, 2.05) is 0 Å². The van der Waals surface area contributed by atoms with Crippen molar-refractivity contribution in [1.29, 1.82) is 5.26 Å². The van der Waals surface area contributed by atoms with Crippen molar-refractivity contribution in [1.82, 2.24) is 4.98 Å². The van der Waals surface area contributed by atoms with Gasteiger partial charge in [0.15, 0.2) is 0 Å². The van der Waals surface area contributed by atoms with Crippen molar-refractivity contribution in [2.75, 3.05) is 0 Å². The fourth-order valence-corrected chi connectivity index (χ4v) is 1.09. The van der Waals surface area contributed by atoms with Crippen LogP contribution in [0.5, 0.6) is 0 Å². The van der Waals surface area contributed by atoms with E-state index in [1.165, 1.54) is 0 Å². The van der Waals surface area contributed by atoms with Crippen molar-refractivity contribution in [3.05, 3.63) is 28.3 Å². The summed E-state index contributed by atoms with van der Waals surface area (Å²) in [6.07, 6.45) is -3.23. The highest BCUT2D eigenvalue weighted by atomic mass is 35.5. The lowest BCUT2D eigenvalue weighted by Gasteiger charge is -2.04. The summed E-state index contributed by atoms with van der Waals surface area (Å²) < 4.78 is 37.4. The van der Waals surface area contributed by atoms with Gasteiger partial charge >= 0.3 is 0 Å². The van der Waals surface area contributed by atoms with E-state index in [9.17, 15) is 13.2 Å². The number of halogens is 4. The summed E-state index contributed by atoms with van der Waals surface area (Å²) >= 11 is 5.33. The van der Waals surface area contributed by atoms with Crippen molar-refractivity contribution in [2.45, 2.75) is 12.8 Å². The largest absolute Gasteiger partial charge is 0.281 e. The molecule has 1 heterocycles. The topological polar surface area (TPSA) is 36.7 Å². The van der Waals surface area contributed by atoms with Gasteiger partial charge in [0.2, 0.25) is 0 Å². The summed E-state index contributed by atoms with van der Waals surface area (Å²) in [6.45, 7) is 0. The number of nitriles is 1. The van der Waals surface area contributed by atoms with Gasteiger partial charge in [-0.1, -0.05) is 11.6 Å². The molecule has 0 atom stereocenters. The summed E-state index contributed by atoms with van der Waals surface area (Å²) in [5.41, 5.74) is -1.01. The second-order valence-electron chi connectivity index (χ2n) is 2.42. The number of alkyl halides is 2. The number of hydrogen-bond donors (Lipinski definition) is 0. The minimum Gasteiger partial charge on any atom is -0.246 e. The van der Waals surface area contributed by atoms with Crippen LogP contribution in [0.15, 0.2) is 6.07 Å². The third-order valence-corrected chi connectivity index (χ3v) is 1.79. The van der Waals surface area contributed by atoms with Crippen molar-refractivity contribution in [3.63, 3.8) is 0 Å². The van der Waals surface area contributed by atoms with E-state index in [1.54, 1.807) is 6.07 Å². The zero-order chi connectivity index (χ0) is 10.7. The molecule has 1 aromatic rings. The van der Waals surface area contributed by atoms with Gasteiger partial charge in [0, 0.05) is 0 Å². The Morgan fingerprint density at radius 1 is 1.57 bits per heavy atom. The summed E-state index contributed by atoms with van der Waals surface area (Å²) in [5.74, 6) is -0.846. The molecule has 0 aromatic carbocycles. The molecule has 0 N–H and O–H groups in total. The molecule has 2 nitrogen and oxygen atoms in total. The van der Waals surface area contributed by atoms with Crippen LogP contribution in [0, 0.1) is 17.1 Å². The first-order valence-corrected chi connectivity index (χ1v) is 3.94. The lowest BCUT2D eigenvalue weighted by molar-refractivity contribution is 0.145. The SMILES string of the molecule is N#CCc1nc(C(F)F)c(Cl)cc1F. The Hall–Kier alpha value is -1.28. The molecule has 1 rings (SSSR count). The average Bonchev–Trinajstić information content (AvgIpc) is 2.09. The van der Waals surface area contributed by atoms with Crippen molar-refractivity contribution < 1.29 is 13.2 Å². The lowest BCUT2D eigenvalue weighted by Crippen LogP contribution is -2.00. The first kappa shape index (κ1) is 10.8. The van der Waals surface area contributed by atoms with E-state index in [2.05, 4.69) is 4.98 Å². The van der Waals surface area contributed by atoms with Crippen LogP contribution in [0.2, 0.25) is 5.02 Å². The van der Waals surface area contributed by atoms with Crippen LogP contribution in [0.25, 0.3) is 0 Å². The molecule has 0 spiro atoms. The molecule has 74 valence electrons. The van der Waals surface area contributed by atoms with Crippen molar-refractivity contribution in [2.24, 2.45) is 0 Å². The Bertz CT molecular complexity index is 387. The maximum absolute atomic E-state index is 12.9. The van der Waals surface area contributed by atoms with Crippen LogP contribution in [0.4, 0.5) is 13.2 Å². The Morgan fingerprint density at radius 3 is 2.71 bits per heavy atom. The first-order chi connectivity index (χ1) is 6.56. The molecular formula is C8H4ClF3N2. The monoisotopic (exact) mass is 220 g/mol. The summed E-state index contributed by atoms with van der Waals surface area (Å²) in [5, 5.41) is 7.83. The number of rotatable bonds is 2.